The van der Waals surface area contributed by atoms with Gasteiger partial charge in [-0.25, -0.2) is 0 Å². The predicted octanol–water partition coefficient (Wildman–Crippen LogP) is 3.26. The van der Waals surface area contributed by atoms with Crippen LogP contribution in [-0.4, -0.2) is 17.4 Å². The second-order valence-electron chi connectivity index (χ2n) is 5.76. The van der Waals surface area contributed by atoms with Crippen LogP contribution >= 0.6 is 0 Å². The number of fused-ring (bicyclic) bond motifs is 1. The first-order valence-corrected chi connectivity index (χ1v) is 7.28. The van der Waals surface area contributed by atoms with Crippen molar-refractivity contribution in [2.24, 2.45) is 0 Å². The molecule has 1 aliphatic rings. The van der Waals surface area contributed by atoms with E-state index in [1.165, 1.54) is 22.3 Å². The lowest BCUT2D eigenvalue weighted by molar-refractivity contribution is -0.117. The van der Waals surface area contributed by atoms with E-state index in [0.717, 1.165) is 18.8 Å². The van der Waals surface area contributed by atoms with Gasteiger partial charge in [0.2, 0.25) is 5.91 Å². The molecule has 108 valence electrons. The van der Waals surface area contributed by atoms with E-state index in [1.54, 1.807) is 0 Å². The molecule has 1 heterocycles. The minimum atomic E-state index is 0.0439. The second-order valence-corrected chi connectivity index (χ2v) is 5.76. The van der Waals surface area contributed by atoms with Crippen LogP contribution in [0.25, 0.3) is 0 Å². The monoisotopic (exact) mass is 280 g/mol. The number of hydrogen-bond acceptors (Lipinski definition) is 2. The Morgan fingerprint density at radius 2 is 1.62 bits per heavy atom. The van der Waals surface area contributed by atoms with Crippen LogP contribution < -0.4 is 5.32 Å². The highest BCUT2D eigenvalue weighted by Gasteiger charge is 2.21. The van der Waals surface area contributed by atoms with Crippen molar-refractivity contribution in [2.75, 3.05) is 11.9 Å². The van der Waals surface area contributed by atoms with E-state index < -0.39 is 0 Å². The number of nitrogens with one attached hydrogen (secondary N) is 1. The van der Waals surface area contributed by atoms with Crippen LogP contribution in [0.4, 0.5) is 5.69 Å². The van der Waals surface area contributed by atoms with Gasteiger partial charge in [0.25, 0.3) is 0 Å². The average molecular weight is 280 g/mol. The number of benzene rings is 2. The van der Waals surface area contributed by atoms with Gasteiger partial charge in [0.1, 0.15) is 0 Å². The SMILES string of the molecule is Cc1cc2c(cc1C)CN(CC(=O)Nc1ccccc1)C2. The number of hydrogen-bond donors (Lipinski definition) is 1. The van der Waals surface area contributed by atoms with Crippen LogP contribution in [0.15, 0.2) is 42.5 Å². The molecule has 3 rings (SSSR count). The molecule has 2 aromatic rings. The molecule has 0 aromatic heterocycles. The van der Waals surface area contributed by atoms with Gasteiger partial charge < -0.3 is 5.32 Å². The van der Waals surface area contributed by atoms with E-state index >= 15 is 0 Å². The van der Waals surface area contributed by atoms with E-state index in [2.05, 4.69) is 36.2 Å². The number of carbonyl (C=O) groups is 1. The van der Waals surface area contributed by atoms with E-state index in [0.29, 0.717) is 6.54 Å². The highest BCUT2D eigenvalue weighted by atomic mass is 16.2. The van der Waals surface area contributed by atoms with Crippen molar-refractivity contribution in [3.8, 4) is 0 Å². The van der Waals surface area contributed by atoms with Gasteiger partial charge in [-0.1, -0.05) is 30.3 Å². The first-order valence-electron chi connectivity index (χ1n) is 7.28. The summed E-state index contributed by atoms with van der Waals surface area (Å²) in [6.45, 7) is 6.43. The second kappa shape index (κ2) is 5.70. The van der Waals surface area contributed by atoms with Crippen molar-refractivity contribution in [3.05, 3.63) is 64.7 Å². The number of para-hydroxylation sites is 1. The summed E-state index contributed by atoms with van der Waals surface area (Å²) in [5.41, 5.74) is 6.20. The molecule has 0 unspecified atom stereocenters. The van der Waals surface area contributed by atoms with Gasteiger partial charge in [-0.15, -0.1) is 0 Å². The number of anilines is 1. The van der Waals surface area contributed by atoms with Gasteiger partial charge in [0.05, 0.1) is 6.54 Å². The molecule has 1 amide bonds. The predicted molar refractivity (Wildman–Crippen MR) is 85.1 cm³/mol. The third-order valence-corrected chi connectivity index (χ3v) is 4.03. The van der Waals surface area contributed by atoms with Crippen LogP contribution in [0, 0.1) is 13.8 Å². The summed E-state index contributed by atoms with van der Waals surface area (Å²) in [6.07, 6.45) is 0. The molecule has 0 aliphatic carbocycles. The summed E-state index contributed by atoms with van der Waals surface area (Å²) in [7, 11) is 0. The van der Waals surface area contributed by atoms with Crippen LogP contribution in [0.3, 0.4) is 0 Å². The Labute approximate surface area is 125 Å². The number of carbonyl (C=O) groups excluding carboxylic acids is 1. The molecule has 3 heteroatoms. The Morgan fingerprint density at radius 1 is 1.05 bits per heavy atom. The Morgan fingerprint density at radius 3 is 2.19 bits per heavy atom. The highest BCUT2D eigenvalue weighted by Crippen LogP contribution is 2.25. The number of aryl methyl sites for hydroxylation is 2. The standard InChI is InChI=1S/C18H20N2O/c1-13-8-15-10-20(11-16(15)9-14(13)2)12-18(21)19-17-6-4-3-5-7-17/h3-9H,10-12H2,1-2H3,(H,19,21). The molecule has 0 atom stereocenters. The minimum absolute atomic E-state index is 0.0439. The van der Waals surface area contributed by atoms with Gasteiger partial charge >= 0.3 is 0 Å². The fourth-order valence-electron chi connectivity index (χ4n) is 2.80. The zero-order valence-corrected chi connectivity index (χ0v) is 12.5. The van der Waals surface area contributed by atoms with Crippen LogP contribution in [0.1, 0.15) is 22.3 Å². The van der Waals surface area contributed by atoms with Crippen molar-refractivity contribution < 1.29 is 4.79 Å². The molecule has 1 N–H and O–H groups in total. The first-order chi connectivity index (χ1) is 10.1. The summed E-state index contributed by atoms with van der Waals surface area (Å²) < 4.78 is 0. The van der Waals surface area contributed by atoms with Crippen LogP contribution in [0.5, 0.6) is 0 Å². The molecular formula is C18H20N2O. The van der Waals surface area contributed by atoms with Gasteiger partial charge in [0.15, 0.2) is 0 Å². The fourth-order valence-corrected chi connectivity index (χ4v) is 2.80. The summed E-state index contributed by atoms with van der Waals surface area (Å²) in [5, 5.41) is 2.94. The molecule has 3 nitrogen and oxygen atoms in total. The van der Waals surface area contributed by atoms with Crippen LogP contribution in [-0.2, 0) is 17.9 Å². The lowest BCUT2D eigenvalue weighted by atomic mass is 10.0. The Hall–Kier alpha value is -2.13. The van der Waals surface area contributed by atoms with E-state index in [1.807, 2.05) is 30.3 Å². The maximum atomic E-state index is 12.1. The fraction of sp³-hybridized carbons (Fsp3) is 0.278. The Balaban J connectivity index is 1.62. The van der Waals surface area contributed by atoms with E-state index in [9.17, 15) is 4.79 Å². The maximum Gasteiger partial charge on any atom is 0.238 e. The first kappa shape index (κ1) is 13.8. The molecule has 0 radical (unpaired) electrons. The molecule has 21 heavy (non-hydrogen) atoms. The summed E-state index contributed by atoms with van der Waals surface area (Å²) >= 11 is 0. The smallest absolute Gasteiger partial charge is 0.238 e. The summed E-state index contributed by atoms with van der Waals surface area (Å²) in [4.78, 5) is 14.3. The van der Waals surface area contributed by atoms with Crippen molar-refractivity contribution in [2.45, 2.75) is 26.9 Å². The molecule has 0 saturated carbocycles. The Kier molecular flexibility index (Phi) is 3.76. The van der Waals surface area contributed by atoms with Gasteiger partial charge in [-0.05, 0) is 48.2 Å². The van der Waals surface area contributed by atoms with Crippen molar-refractivity contribution >= 4 is 11.6 Å². The third-order valence-electron chi connectivity index (χ3n) is 4.03. The minimum Gasteiger partial charge on any atom is -0.325 e. The van der Waals surface area contributed by atoms with E-state index in [4.69, 9.17) is 0 Å². The van der Waals surface area contributed by atoms with Crippen molar-refractivity contribution in [1.82, 2.24) is 4.90 Å². The average Bonchev–Trinajstić information content (AvgIpc) is 2.81. The topological polar surface area (TPSA) is 32.3 Å². The highest BCUT2D eigenvalue weighted by molar-refractivity contribution is 5.92. The molecule has 0 saturated heterocycles. The molecule has 1 aliphatic heterocycles. The molecule has 0 spiro atoms. The molecule has 0 fully saturated rings. The third kappa shape index (κ3) is 3.14. The zero-order chi connectivity index (χ0) is 14.8. The van der Waals surface area contributed by atoms with Crippen molar-refractivity contribution in [1.29, 1.82) is 0 Å². The number of amides is 1. The van der Waals surface area contributed by atoms with Gasteiger partial charge in [-0.3, -0.25) is 9.69 Å². The maximum absolute atomic E-state index is 12.1. The largest absolute Gasteiger partial charge is 0.325 e. The quantitative estimate of drug-likeness (QED) is 0.936. The number of rotatable bonds is 3. The normalized spacial score (nSPS) is 14.0. The van der Waals surface area contributed by atoms with Gasteiger partial charge in [-0.2, -0.15) is 0 Å². The lowest BCUT2D eigenvalue weighted by Gasteiger charge is -2.14. The van der Waals surface area contributed by atoms with Gasteiger partial charge in [0, 0.05) is 18.8 Å². The summed E-state index contributed by atoms with van der Waals surface area (Å²) in [5.74, 6) is 0.0439. The van der Waals surface area contributed by atoms with Crippen molar-refractivity contribution in [3.63, 3.8) is 0 Å². The number of nitrogens with zero attached hydrogens (tertiary/aromatic N) is 1. The lowest BCUT2D eigenvalue weighted by Crippen LogP contribution is -2.29. The zero-order valence-electron chi connectivity index (χ0n) is 12.5. The Bertz CT molecular complexity index is 633. The van der Waals surface area contributed by atoms with Crippen LogP contribution in [0.2, 0.25) is 0 Å². The molecule has 2 aromatic carbocycles. The molecule has 0 bridgehead atoms. The summed E-state index contributed by atoms with van der Waals surface area (Å²) in [6, 6.07) is 14.1. The molecular weight excluding hydrogens is 260 g/mol. The van der Waals surface area contributed by atoms with E-state index in [-0.39, 0.29) is 5.91 Å².